The molecular formula is C10H11O4. The van der Waals surface area contributed by atoms with Gasteiger partial charge in [0.2, 0.25) is 0 Å². The lowest BCUT2D eigenvalue weighted by molar-refractivity contribution is 0.0522. The Morgan fingerprint density at radius 3 is 2.71 bits per heavy atom. The zero-order valence-electron chi connectivity index (χ0n) is 8.07. The van der Waals surface area contributed by atoms with Gasteiger partial charge in [0.25, 0.3) is 0 Å². The molecule has 4 heteroatoms. The first-order valence-corrected chi connectivity index (χ1v) is 4.21. The van der Waals surface area contributed by atoms with Crippen LogP contribution in [0.25, 0.3) is 0 Å². The van der Waals surface area contributed by atoms with Crippen molar-refractivity contribution in [3.8, 4) is 11.5 Å². The van der Waals surface area contributed by atoms with Crippen LogP contribution in [-0.4, -0.2) is 19.7 Å². The molecule has 1 aromatic rings. The summed E-state index contributed by atoms with van der Waals surface area (Å²) in [6.07, 6.45) is 0. The summed E-state index contributed by atoms with van der Waals surface area (Å²) in [5.74, 6) is -0.435. The highest BCUT2D eigenvalue weighted by Gasteiger charge is 2.13. The van der Waals surface area contributed by atoms with Crippen LogP contribution < -0.4 is 4.74 Å². The highest BCUT2D eigenvalue weighted by Crippen LogP contribution is 2.24. The van der Waals surface area contributed by atoms with Gasteiger partial charge >= 0.3 is 5.97 Å². The summed E-state index contributed by atoms with van der Waals surface area (Å²) in [4.78, 5) is 11.3. The molecular weight excluding hydrogens is 184 g/mol. The summed E-state index contributed by atoms with van der Waals surface area (Å²) in [5.41, 5.74) is 0.272. The van der Waals surface area contributed by atoms with Gasteiger partial charge in [-0.1, -0.05) is 0 Å². The third kappa shape index (κ3) is 2.16. The maximum absolute atomic E-state index is 11.3. The summed E-state index contributed by atoms with van der Waals surface area (Å²) in [6.45, 7) is 2.01. The standard InChI is InChI=1S/C10H11O4/c1-3-14-10(12)8-5-4-7(11)6-9(8)13-2/h4-6H,3H2,1-2H3. The van der Waals surface area contributed by atoms with E-state index >= 15 is 0 Å². The predicted octanol–water partition coefficient (Wildman–Crippen LogP) is 2.02. The van der Waals surface area contributed by atoms with Gasteiger partial charge in [-0.25, -0.2) is 4.79 Å². The first kappa shape index (κ1) is 10.4. The Kier molecular flexibility index (Phi) is 3.34. The Morgan fingerprint density at radius 2 is 2.14 bits per heavy atom. The van der Waals surface area contributed by atoms with Gasteiger partial charge in [-0.05, 0) is 19.1 Å². The van der Waals surface area contributed by atoms with Crippen LogP contribution in [0.2, 0.25) is 0 Å². The molecule has 1 radical (unpaired) electrons. The van der Waals surface area contributed by atoms with Gasteiger partial charge in [0.1, 0.15) is 11.3 Å². The number of carbonyl (C=O) groups excluding carboxylic acids is 1. The second-order valence-corrected chi connectivity index (χ2v) is 2.58. The maximum atomic E-state index is 11.3. The third-order valence-electron chi connectivity index (χ3n) is 1.67. The van der Waals surface area contributed by atoms with E-state index in [2.05, 4.69) is 0 Å². The van der Waals surface area contributed by atoms with Crippen molar-refractivity contribution in [2.45, 2.75) is 6.92 Å². The molecule has 0 saturated carbocycles. The number of esters is 1. The van der Waals surface area contributed by atoms with Crippen molar-refractivity contribution in [3.63, 3.8) is 0 Å². The molecule has 1 aromatic carbocycles. The SMILES string of the molecule is CCOC(=O)c1ccc([O])cc1OC. The minimum atomic E-state index is -0.482. The molecule has 0 fully saturated rings. The van der Waals surface area contributed by atoms with Crippen LogP contribution in [0.5, 0.6) is 11.5 Å². The molecule has 0 bridgehead atoms. The number of ether oxygens (including phenoxy) is 2. The third-order valence-corrected chi connectivity index (χ3v) is 1.67. The van der Waals surface area contributed by atoms with Gasteiger partial charge in [-0.15, -0.1) is 0 Å². The molecule has 14 heavy (non-hydrogen) atoms. The molecule has 0 heterocycles. The summed E-state index contributed by atoms with van der Waals surface area (Å²) >= 11 is 0. The molecule has 1 rings (SSSR count). The van der Waals surface area contributed by atoms with Crippen molar-refractivity contribution in [2.75, 3.05) is 13.7 Å². The molecule has 0 saturated heterocycles. The summed E-state index contributed by atoms with van der Waals surface area (Å²) in [7, 11) is 1.40. The van der Waals surface area contributed by atoms with Crippen molar-refractivity contribution in [3.05, 3.63) is 23.8 Å². The molecule has 0 N–H and O–H groups in total. The van der Waals surface area contributed by atoms with E-state index in [-0.39, 0.29) is 17.1 Å². The van der Waals surface area contributed by atoms with Gasteiger partial charge in [-0.2, -0.15) is 0 Å². The molecule has 0 aliphatic rings. The molecule has 0 unspecified atom stereocenters. The molecule has 0 amide bonds. The van der Waals surface area contributed by atoms with Crippen molar-refractivity contribution >= 4 is 5.97 Å². The number of hydrogen-bond acceptors (Lipinski definition) is 3. The molecule has 0 aliphatic carbocycles. The second kappa shape index (κ2) is 4.50. The van der Waals surface area contributed by atoms with Gasteiger partial charge in [-0.3, -0.25) is 5.11 Å². The average Bonchev–Trinajstić information content (AvgIpc) is 2.17. The Labute approximate surface area is 82.1 Å². The summed E-state index contributed by atoms with van der Waals surface area (Å²) < 4.78 is 9.68. The Bertz CT molecular complexity index is 333. The first-order valence-electron chi connectivity index (χ1n) is 4.21. The fraction of sp³-hybridized carbons (Fsp3) is 0.300. The largest absolute Gasteiger partial charge is 0.496 e. The van der Waals surface area contributed by atoms with E-state index in [0.29, 0.717) is 6.61 Å². The van der Waals surface area contributed by atoms with E-state index in [1.807, 2.05) is 0 Å². The second-order valence-electron chi connectivity index (χ2n) is 2.58. The van der Waals surface area contributed by atoms with Crippen LogP contribution in [0.1, 0.15) is 17.3 Å². The van der Waals surface area contributed by atoms with E-state index in [9.17, 15) is 9.90 Å². The lowest BCUT2D eigenvalue weighted by Gasteiger charge is -2.06. The van der Waals surface area contributed by atoms with Crippen LogP contribution in [0.3, 0.4) is 0 Å². The molecule has 75 valence electrons. The molecule has 0 aliphatic heterocycles. The van der Waals surface area contributed by atoms with Crippen LogP contribution in [0, 0.1) is 0 Å². The van der Waals surface area contributed by atoms with E-state index < -0.39 is 5.97 Å². The van der Waals surface area contributed by atoms with Crippen LogP contribution in [0.4, 0.5) is 0 Å². The minimum absolute atomic E-state index is 0.199. The maximum Gasteiger partial charge on any atom is 0.341 e. The monoisotopic (exact) mass is 195 g/mol. The Morgan fingerprint density at radius 1 is 1.43 bits per heavy atom. The zero-order valence-corrected chi connectivity index (χ0v) is 8.07. The van der Waals surface area contributed by atoms with E-state index in [1.54, 1.807) is 6.92 Å². The number of methoxy groups -OCH3 is 1. The van der Waals surface area contributed by atoms with Gasteiger partial charge in [0, 0.05) is 6.07 Å². The quantitative estimate of drug-likeness (QED) is 0.693. The van der Waals surface area contributed by atoms with Crippen LogP contribution in [-0.2, 0) is 9.84 Å². The van der Waals surface area contributed by atoms with E-state index in [0.717, 1.165) is 0 Å². The normalized spacial score (nSPS) is 9.57. The summed E-state index contributed by atoms with van der Waals surface area (Å²) in [5, 5.41) is 10.9. The predicted molar refractivity (Wildman–Crippen MR) is 49.1 cm³/mol. The molecule has 0 atom stereocenters. The lowest BCUT2D eigenvalue weighted by atomic mass is 10.2. The van der Waals surface area contributed by atoms with E-state index in [1.165, 1.54) is 25.3 Å². The fourth-order valence-corrected chi connectivity index (χ4v) is 1.05. The smallest absolute Gasteiger partial charge is 0.341 e. The lowest BCUT2D eigenvalue weighted by Crippen LogP contribution is -2.06. The number of carbonyl (C=O) groups is 1. The Balaban J connectivity index is 3.01. The van der Waals surface area contributed by atoms with Crippen molar-refractivity contribution < 1.29 is 19.4 Å². The number of rotatable bonds is 3. The molecule has 0 aromatic heterocycles. The van der Waals surface area contributed by atoms with Crippen LogP contribution in [0.15, 0.2) is 18.2 Å². The summed E-state index contributed by atoms with van der Waals surface area (Å²) in [6, 6.07) is 3.96. The molecule has 4 nitrogen and oxygen atoms in total. The Hall–Kier alpha value is -1.71. The van der Waals surface area contributed by atoms with Crippen molar-refractivity contribution in [1.29, 1.82) is 0 Å². The average molecular weight is 195 g/mol. The van der Waals surface area contributed by atoms with Gasteiger partial charge in [0.15, 0.2) is 5.75 Å². The van der Waals surface area contributed by atoms with Gasteiger partial charge < -0.3 is 9.47 Å². The number of hydrogen-bond donors (Lipinski definition) is 0. The van der Waals surface area contributed by atoms with Crippen molar-refractivity contribution in [2.24, 2.45) is 0 Å². The van der Waals surface area contributed by atoms with Crippen molar-refractivity contribution in [1.82, 2.24) is 0 Å². The van der Waals surface area contributed by atoms with Crippen LogP contribution >= 0.6 is 0 Å². The highest BCUT2D eigenvalue weighted by molar-refractivity contribution is 5.92. The molecule has 0 spiro atoms. The topological polar surface area (TPSA) is 55.4 Å². The number of benzene rings is 1. The van der Waals surface area contributed by atoms with E-state index in [4.69, 9.17) is 9.47 Å². The fourth-order valence-electron chi connectivity index (χ4n) is 1.05. The van der Waals surface area contributed by atoms with Gasteiger partial charge in [0.05, 0.1) is 13.7 Å². The highest BCUT2D eigenvalue weighted by atomic mass is 16.5. The zero-order chi connectivity index (χ0) is 10.6. The minimum Gasteiger partial charge on any atom is -0.496 e. The first-order chi connectivity index (χ1) is 6.69.